The van der Waals surface area contributed by atoms with E-state index in [9.17, 15) is 26.8 Å². The van der Waals surface area contributed by atoms with Crippen LogP contribution in [0.4, 0.5) is 14.5 Å². The lowest BCUT2D eigenvalue weighted by molar-refractivity contribution is 0.0928. The Morgan fingerprint density at radius 2 is 1.56 bits per heavy atom. The van der Waals surface area contributed by atoms with E-state index < -0.39 is 39.5 Å². The number of halogens is 2. The quantitative estimate of drug-likeness (QED) is 0.144. The zero-order chi connectivity index (χ0) is 37.2. The maximum atomic E-state index is 13.9. The van der Waals surface area contributed by atoms with Gasteiger partial charge < -0.3 is 19.8 Å². The molecule has 52 heavy (non-hydrogen) atoms. The molecule has 0 spiro atoms. The molecule has 0 aliphatic rings. The van der Waals surface area contributed by atoms with Crippen molar-refractivity contribution >= 4 is 38.5 Å². The van der Waals surface area contributed by atoms with E-state index >= 15 is 0 Å². The maximum absolute atomic E-state index is 13.9. The largest absolute Gasteiger partial charge is 0.486 e. The number of anilines is 1. The van der Waals surface area contributed by atoms with E-state index in [4.69, 9.17) is 14.1 Å². The van der Waals surface area contributed by atoms with Crippen molar-refractivity contribution in [1.29, 1.82) is 0 Å². The number of carbonyl (C=O) groups excluding carboxylic acids is 2. The average Bonchev–Trinajstić information content (AvgIpc) is 3.51. The fourth-order valence-corrected chi connectivity index (χ4v) is 6.15. The van der Waals surface area contributed by atoms with Crippen LogP contribution in [0.3, 0.4) is 0 Å². The van der Waals surface area contributed by atoms with Crippen LogP contribution in [-0.2, 0) is 16.6 Å². The predicted molar refractivity (Wildman–Crippen MR) is 195 cm³/mol. The van der Waals surface area contributed by atoms with Gasteiger partial charge in [-0.15, -0.1) is 0 Å². The number of sulfonamides is 1. The highest BCUT2D eigenvalue weighted by molar-refractivity contribution is 7.92. The van der Waals surface area contributed by atoms with Gasteiger partial charge >= 0.3 is 0 Å². The summed E-state index contributed by atoms with van der Waals surface area (Å²) in [5, 5.41) is 5.82. The molecule has 0 radical (unpaired) electrons. The first-order valence-electron chi connectivity index (χ1n) is 16.1. The van der Waals surface area contributed by atoms with Crippen molar-refractivity contribution in [2.24, 2.45) is 0 Å². The lowest BCUT2D eigenvalue weighted by Crippen LogP contribution is -2.28. The van der Waals surface area contributed by atoms with Crippen LogP contribution in [0.2, 0.25) is 0 Å². The standard InChI is InChI=1S/C39H34F2N4O6S/c1-23(25-10-14-27(40)15-11-25)43-39(47)36-33(50-22-24-8-6-5-7-9-24)19-18-31(44-36)29-20-30-34(21-32(29)45(3)52(4,48)49)51-37(35(30)38(46)42-2)26-12-16-28(41)17-13-26/h5-21,23H,22H2,1-4H3,(H,42,46)(H,43,47)/t23-/m1/s1. The number of rotatable bonds is 11. The molecule has 0 aliphatic carbocycles. The molecule has 0 bridgehead atoms. The molecular weight excluding hydrogens is 691 g/mol. The third-order valence-corrected chi connectivity index (χ3v) is 9.70. The molecule has 6 rings (SSSR count). The monoisotopic (exact) mass is 724 g/mol. The first kappa shape index (κ1) is 35.7. The summed E-state index contributed by atoms with van der Waals surface area (Å²) in [7, 11) is -1.03. The molecule has 2 amide bonds. The molecule has 0 fully saturated rings. The molecule has 2 aromatic heterocycles. The minimum absolute atomic E-state index is 0.0961. The normalized spacial score (nSPS) is 12.0. The summed E-state index contributed by atoms with van der Waals surface area (Å²) in [5.41, 5.74) is 2.73. The molecular formula is C39H34F2N4O6S. The second kappa shape index (κ2) is 14.6. The van der Waals surface area contributed by atoms with Crippen LogP contribution in [0.25, 0.3) is 33.6 Å². The number of hydrogen-bond acceptors (Lipinski definition) is 7. The highest BCUT2D eigenvalue weighted by Crippen LogP contribution is 2.41. The van der Waals surface area contributed by atoms with Gasteiger partial charge in [0.15, 0.2) is 11.4 Å². The highest BCUT2D eigenvalue weighted by Gasteiger charge is 2.27. The van der Waals surface area contributed by atoms with E-state index in [2.05, 4.69) is 10.6 Å². The summed E-state index contributed by atoms with van der Waals surface area (Å²) >= 11 is 0. The zero-order valence-electron chi connectivity index (χ0n) is 28.6. The number of nitrogens with zero attached hydrogens (tertiary/aromatic N) is 2. The number of pyridine rings is 1. The average molecular weight is 725 g/mol. The Bertz CT molecular complexity index is 2380. The summed E-state index contributed by atoms with van der Waals surface area (Å²) in [6.45, 7) is 1.87. The number of nitrogens with one attached hydrogen (secondary N) is 2. The van der Waals surface area contributed by atoms with Crippen LogP contribution in [0.5, 0.6) is 5.75 Å². The first-order chi connectivity index (χ1) is 24.8. The molecule has 0 unspecified atom stereocenters. The SMILES string of the molecule is CNC(=O)c1c(-c2ccc(F)cc2)oc2cc(N(C)S(C)(=O)=O)c(-c3ccc(OCc4ccccc4)c(C(=O)N[C@H](C)c4ccc(F)cc4)n3)cc12. The molecule has 13 heteroatoms. The number of fused-ring (bicyclic) bond motifs is 1. The first-order valence-corrected chi connectivity index (χ1v) is 18.0. The summed E-state index contributed by atoms with van der Waals surface area (Å²) in [6, 6.07) is 26.1. The van der Waals surface area contributed by atoms with Crippen molar-refractivity contribution in [2.75, 3.05) is 24.7 Å². The van der Waals surface area contributed by atoms with Gasteiger partial charge in [0.2, 0.25) is 10.0 Å². The molecule has 0 saturated heterocycles. The van der Waals surface area contributed by atoms with E-state index in [0.29, 0.717) is 16.5 Å². The van der Waals surface area contributed by atoms with Gasteiger partial charge in [-0.2, -0.15) is 0 Å². The van der Waals surface area contributed by atoms with Crippen molar-refractivity contribution < 1.29 is 35.9 Å². The van der Waals surface area contributed by atoms with Gasteiger partial charge in [-0.1, -0.05) is 42.5 Å². The molecule has 0 aliphatic heterocycles. The number of carbonyl (C=O) groups is 2. The summed E-state index contributed by atoms with van der Waals surface area (Å²) in [5.74, 6) is -1.69. The molecule has 266 valence electrons. The van der Waals surface area contributed by atoms with E-state index in [1.54, 1.807) is 37.3 Å². The molecule has 10 nitrogen and oxygen atoms in total. The van der Waals surface area contributed by atoms with Crippen molar-refractivity contribution in [1.82, 2.24) is 15.6 Å². The Hall–Kier alpha value is -6.08. The molecule has 6 aromatic rings. The van der Waals surface area contributed by atoms with Gasteiger partial charge in [0.25, 0.3) is 11.8 Å². The number of ether oxygens (including phenoxy) is 1. The molecule has 2 N–H and O–H groups in total. The molecule has 2 heterocycles. The van der Waals surface area contributed by atoms with Crippen LogP contribution in [0.1, 0.15) is 44.9 Å². The van der Waals surface area contributed by atoms with Crippen LogP contribution in [0, 0.1) is 11.6 Å². The number of benzene rings is 4. The van der Waals surface area contributed by atoms with E-state index in [1.165, 1.54) is 56.6 Å². The van der Waals surface area contributed by atoms with E-state index in [-0.39, 0.29) is 51.9 Å². The van der Waals surface area contributed by atoms with E-state index in [1.807, 2.05) is 30.3 Å². The second-order valence-electron chi connectivity index (χ2n) is 12.1. The Balaban J connectivity index is 1.52. The van der Waals surface area contributed by atoms with Gasteiger partial charge in [0.1, 0.15) is 29.6 Å². The van der Waals surface area contributed by atoms with E-state index in [0.717, 1.165) is 16.1 Å². The molecule has 1 atom stereocenters. The Kier molecular flexibility index (Phi) is 10.1. The number of aromatic nitrogens is 1. The summed E-state index contributed by atoms with van der Waals surface area (Å²) in [6.07, 6.45) is 1.03. The number of hydrogen-bond donors (Lipinski definition) is 2. The third kappa shape index (κ3) is 7.49. The van der Waals surface area contributed by atoms with Gasteiger partial charge in [-0.25, -0.2) is 22.2 Å². The number of amides is 2. The molecule has 4 aromatic carbocycles. The van der Waals surface area contributed by atoms with Crippen molar-refractivity contribution in [3.8, 4) is 28.3 Å². The van der Waals surface area contributed by atoms with Crippen molar-refractivity contribution in [3.05, 3.63) is 137 Å². The Morgan fingerprint density at radius 3 is 2.19 bits per heavy atom. The maximum Gasteiger partial charge on any atom is 0.274 e. The topological polar surface area (TPSA) is 131 Å². The summed E-state index contributed by atoms with van der Waals surface area (Å²) < 4.78 is 66.6. The lowest BCUT2D eigenvalue weighted by atomic mass is 10.0. The predicted octanol–water partition coefficient (Wildman–Crippen LogP) is 7.27. The molecule has 0 saturated carbocycles. The Labute approximate surface area is 299 Å². The van der Waals surface area contributed by atoms with Crippen LogP contribution >= 0.6 is 0 Å². The second-order valence-corrected chi connectivity index (χ2v) is 14.1. The fraction of sp³-hybridized carbons (Fsp3) is 0.154. The zero-order valence-corrected chi connectivity index (χ0v) is 29.4. The van der Waals surface area contributed by atoms with Gasteiger partial charge in [-0.3, -0.25) is 13.9 Å². The highest BCUT2D eigenvalue weighted by atomic mass is 32.2. The fourth-order valence-electron chi connectivity index (χ4n) is 5.64. The summed E-state index contributed by atoms with van der Waals surface area (Å²) in [4.78, 5) is 32.0. The number of furan rings is 1. The van der Waals surface area contributed by atoms with Crippen LogP contribution < -0.4 is 19.7 Å². The van der Waals surface area contributed by atoms with Crippen LogP contribution in [0.15, 0.2) is 108 Å². The van der Waals surface area contributed by atoms with Gasteiger partial charge in [0.05, 0.1) is 29.2 Å². The third-order valence-electron chi connectivity index (χ3n) is 8.51. The smallest absolute Gasteiger partial charge is 0.274 e. The van der Waals surface area contributed by atoms with Gasteiger partial charge in [0, 0.05) is 36.7 Å². The minimum Gasteiger partial charge on any atom is -0.486 e. The van der Waals surface area contributed by atoms with Gasteiger partial charge in [-0.05, 0) is 72.6 Å². The van der Waals surface area contributed by atoms with Crippen molar-refractivity contribution in [2.45, 2.75) is 19.6 Å². The Morgan fingerprint density at radius 1 is 0.904 bits per heavy atom. The minimum atomic E-state index is -3.85. The van der Waals surface area contributed by atoms with Crippen LogP contribution in [-0.4, -0.2) is 45.6 Å². The lowest BCUT2D eigenvalue weighted by Gasteiger charge is -2.21. The van der Waals surface area contributed by atoms with Crippen molar-refractivity contribution in [3.63, 3.8) is 0 Å².